The third kappa shape index (κ3) is 4.07. The number of rotatable bonds is 7. The summed E-state index contributed by atoms with van der Waals surface area (Å²) < 4.78 is 29.2. The van der Waals surface area contributed by atoms with Crippen molar-refractivity contribution in [1.82, 2.24) is 0 Å². The molecule has 118 valence electrons. The highest BCUT2D eigenvalue weighted by Crippen LogP contribution is 2.30. The van der Waals surface area contributed by atoms with Crippen LogP contribution >= 0.6 is 11.8 Å². The average Bonchev–Trinajstić information content (AvgIpc) is 2.55. The zero-order valence-electron chi connectivity index (χ0n) is 12.9. The average molecular weight is 322 g/mol. The van der Waals surface area contributed by atoms with E-state index in [1.165, 1.54) is 12.1 Å². The number of thioether (sulfide) groups is 1. The first-order chi connectivity index (χ1) is 10.7. The molecule has 0 aliphatic carbocycles. The summed E-state index contributed by atoms with van der Waals surface area (Å²) in [6.45, 7) is 0. The predicted octanol–water partition coefficient (Wildman–Crippen LogP) is 4.28. The number of halogens is 1. The fourth-order valence-electron chi connectivity index (χ4n) is 2.13. The highest BCUT2D eigenvalue weighted by molar-refractivity contribution is 7.97. The Balaban J connectivity index is 2.06. The smallest absolute Gasteiger partial charge is 0.123 e. The minimum atomic E-state index is -0.254. The fourth-order valence-corrected chi connectivity index (χ4v) is 3.12. The fraction of sp³-hybridized carbons (Fsp3) is 0.294. The van der Waals surface area contributed by atoms with Gasteiger partial charge in [0.25, 0.3) is 0 Å². The van der Waals surface area contributed by atoms with Crippen LogP contribution in [0.25, 0.3) is 0 Å². The van der Waals surface area contributed by atoms with Gasteiger partial charge in [0, 0.05) is 22.6 Å². The maximum absolute atomic E-state index is 13.3. The van der Waals surface area contributed by atoms with Crippen molar-refractivity contribution in [3.8, 4) is 17.2 Å². The van der Waals surface area contributed by atoms with Gasteiger partial charge in [0.2, 0.25) is 0 Å². The Morgan fingerprint density at radius 1 is 0.818 bits per heavy atom. The molecule has 0 bridgehead atoms. The predicted molar refractivity (Wildman–Crippen MR) is 87.5 cm³/mol. The zero-order chi connectivity index (χ0) is 15.9. The summed E-state index contributed by atoms with van der Waals surface area (Å²) in [4.78, 5) is 0. The Morgan fingerprint density at radius 2 is 1.41 bits per heavy atom. The van der Waals surface area contributed by atoms with Gasteiger partial charge >= 0.3 is 0 Å². The van der Waals surface area contributed by atoms with Gasteiger partial charge in [-0.3, -0.25) is 0 Å². The van der Waals surface area contributed by atoms with Gasteiger partial charge in [-0.2, -0.15) is 11.8 Å². The van der Waals surface area contributed by atoms with E-state index in [0.717, 1.165) is 28.4 Å². The highest BCUT2D eigenvalue weighted by atomic mass is 32.2. The Bertz CT molecular complexity index is 631. The van der Waals surface area contributed by atoms with Crippen LogP contribution in [0, 0.1) is 5.82 Å². The third-order valence-electron chi connectivity index (χ3n) is 3.25. The Morgan fingerprint density at radius 3 is 2.00 bits per heavy atom. The molecule has 0 aliphatic heterocycles. The molecule has 0 spiro atoms. The van der Waals surface area contributed by atoms with Gasteiger partial charge in [0.05, 0.1) is 21.3 Å². The van der Waals surface area contributed by atoms with Crippen LogP contribution < -0.4 is 14.2 Å². The lowest BCUT2D eigenvalue weighted by Crippen LogP contribution is -1.94. The van der Waals surface area contributed by atoms with E-state index in [1.807, 2.05) is 18.2 Å². The first kappa shape index (κ1) is 16.5. The number of ether oxygens (including phenoxy) is 3. The normalized spacial score (nSPS) is 10.4. The molecule has 0 amide bonds. The van der Waals surface area contributed by atoms with Crippen molar-refractivity contribution in [3.63, 3.8) is 0 Å². The maximum atomic E-state index is 13.3. The van der Waals surface area contributed by atoms with Crippen LogP contribution in [-0.2, 0) is 11.5 Å². The molecule has 22 heavy (non-hydrogen) atoms. The molecule has 2 rings (SSSR count). The summed E-state index contributed by atoms with van der Waals surface area (Å²) in [5, 5.41) is 0. The number of methoxy groups -OCH3 is 3. The van der Waals surface area contributed by atoms with Crippen molar-refractivity contribution in [1.29, 1.82) is 0 Å². The molecule has 0 radical (unpaired) electrons. The second-order valence-electron chi connectivity index (χ2n) is 4.63. The van der Waals surface area contributed by atoms with Crippen molar-refractivity contribution < 1.29 is 18.6 Å². The largest absolute Gasteiger partial charge is 0.497 e. The highest BCUT2D eigenvalue weighted by Gasteiger charge is 2.08. The van der Waals surface area contributed by atoms with Crippen LogP contribution in [0.3, 0.4) is 0 Å². The van der Waals surface area contributed by atoms with Gasteiger partial charge < -0.3 is 14.2 Å². The van der Waals surface area contributed by atoms with E-state index in [9.17, 15) is 4.39 Å². The molecule has 0 fully saturated rings. The monoisotopic (exact) mass is 322 g/mol. The summed E-state index contributed by atoms with van der Waals surface area (Å²) in [7, 11) is 4.87. The van der Waals surface area contributed by atoms with E-state index in [0.29, 0.717) is 11.5 Å². The van der Waals surface area contributed by atoms with Gasteiger partial charge in [0.15, 0.2) is 0 Å². The first-order valence-corrected chi connectivity index (χ1v) is 7.94. The Labute approximate surface area is 134 Å². The lowest BCUT2D eigenvalue weighted by Gasteiger charge is -2.11. The molecule has 0 unspecified atom stereocenters. The summed E-state index contributed by atoms with van der Waals surface area (Å²) in [5.74, 6) is 3.45. The van der Waals surface area contributed by atoms with Gasteiger partial charge in [-0.1, -0.05) is 0 Å². The molecule has 2 aromatic carbocycles. The second kappa shape index (κ2) is 7.94. The Kier molecular flexibility index (Phi) is 5.95. The Hall–Kier alpha value is -1.88. The molecule has 0 atom stereocenters. The topological polar surface area (TPSA) is 27.7 Å². The summed E-state index contributed by atoms with van der Waals surface area (Å²) >= 11 is 1.66. The SMILES string of the molecule is COc1ccc(OC)c(CSCc2cc(F)ccc2OC)c1. The molecule has 0 saturated carbocycles. The molecule has 0 N–H and O–H groups in total. The van der Waals surface area contributed by atoms with E-state index in [1.54, 1.807) is 39.2 Å². The van der Waals surface area contributed by atoms with Gasteiger partial charge in [-0.05, 0) is 36.4 Å². The van der Waals surface area contributed by atoms with E-state index in [-0.39, 0.29) is 5.82 Å². The lowest BCUT2D eigenvalue weighted by molar-refractivity contribution is 0.400. The standard InChI is InChI=1S/C17H19FO3S/c1-19-15-5-7-17(21-3)13(9-15)11-22-10-12-8-14(18)4-6-16(12)20-2/h4-9H,10-11H2,1-3H3. The van der Waals surface area contributed by atoms with E-state index in [2.05, 4.69) is 0 Å². The molecule has 2 aromatic rings. The van der Waals surface area contributed by atoms with Crippen LogP contribution in [0.4, 0.5) is 4.39 Å². The molecule has 0 saturated heterocycles. The molecule has 0 heterocycles. The van der Waals surface area contributed by atoms with Crippen LogP contribution in [0.1, 0.15) is 11.1 Å². The minimum absolute atomic E-state index is 0.254. The summed E-state index contributed by atoms with van der Waals surface area (Å²) in [6.07, 6.45) is 0. The van der Waals surface area contributed by atoms with Crippen molar-refractivity contribution in [2.45, 2.75) is 11.5 Å². The maximum Gasteiger partial charge on any atom is 0.123 e. The summed E-state index contributed by atoms with van der Waals surface area (Å²) in [6, 6.07) is 10.3. The molecule has 0 aromatic heterocycles. The first-order valence-electron chi connectivity index (χ1n) is 6.79. The molecule has 0 aliphatic rings. The third-order valence-corrected chi connectivity index (χ3v) is 4.28. The van der Waals surface area contributed by atoms with Crippen molar-refractivity contribution in [2.75, 3.05) is 21.3 Å². The minimum Gasteiger partial charge on any atom is -0.497 e. The van der Waals surface area contributed by atoms with E-state index < -0.39 is 0 Å². The van der Waals surface area contributed by atoms with Crippen LogP contribution in [0.2, 0.25) is 0 Å². The molecule has 3 nitrogen and oxygen atoms in total. The number of benzene rings is 2. The number of hydrogen-bond donors (Lipinski definition) is 0. The number of hydrogen-bond acceptors (Lipinski definition) is 4. The lowest BCUT2D eigenvalue weighted by atomic mass is 10.2. The second-order valence-corrected chi connectivity index (χ2v) is 5.61. The summed E-state index contributed by atoms with van der Waals surface area (Å²) in [5.41, 5.74) is 1.89. The molecular formula is C17H19FO3S. The van der Waals surface area contributed by atoms with Crippen LogP contribution in [0.15, 0.2) is 36.4 Å². The van der Waals surface area contributed by atoms with E-state index in [4.69, 9.17) is 14.2 Å². The van der Waals surface area contributed by atoms with Crippen molar-refractivity contribution in [2.24, 2.45) is 0 Å². The van der Waals surface area contributed by atoms with Crippen molar-refractivity contribution in [3.05, 3.63) is 53.3 Å². The van der Waals surface area contributed by atoms with Gasteiger partial charge in [-0.15, -0.1) is 0 Å². The van der Waals surface area contributed by atoms with Crippen LogP contribution in [0.5, 0.6) is 17.2 Å². The molecule has 5 heteroatoms. The van der Waals surface area contributed by atoms with E-state index >= 15 is 0 Å². The van der Waals surface area contributed by atoms with Gasteiger partial charge in [0.1, 0.15) is 23.1 Å². The van der Waals surface area contributed by atoms with Gasteiger partial charge in [-0.25, -0.2) is 4.39 Å². The zero-order valence-corrected chi connectivity index (χ0v) is 13.7. The molecular weight excluding hydrogens is 303 g/mol. The quantitative estimate of drug-likeness (QED) is 0.760. The van der Waals surface area contributed by atoms with Crippen LogP contribution in [-0.4, -0.2) is 21.3 Å². The van der Waals surface area contributed by atoms with Crippen molar-refractivity contribution >= 4 is 11.8 Å².